The standard InChI is InChI=1S/C18H21N5O3S/c1-22(27(3,24)25)11-12-23-10-9-19-18(23)15-6-4-5-14(13-15)16-7-8-17(26-2)21-20-16/h4-10,13H,11-12H2,1-3H3. The Bertz CT molecular complexity index is 1020. The Morgan fingerprint density at radius 2 is 1.93 bits per heavy atom. The summed E-state index contributed by atoms with van der Waals surface area (Å²) in [5.41, 5.74) is 2.55. The normalized spacial score (nSPS) is 11.7. The van der Waals surface area contributed by atoms with Crippen LogP contribution in [0, 0.1) is 0 Å². The minimum atomic E-state index is -3.21. The molecule has 2 aromatic heterocycles. The van der Waals surface area contributed by atoms with Crippen LogP contribution < -0.4 is 4.74 Å². The molecule has 0 unspecified atom stereocenters. The van der Waals surface area contributed by atoms with E-state index in [1.54, 1.807) is 26.4 Å². The highest BCUT2D eigenvalue weighted by Crippen LogP contribution is 2.24. The van der Waals surface area contributed by atoms with Gasteiger partial charge in [0.1, 0.15) is 5.82 Å². The van der Waals surface area contributed by atoms with Crippen molar-refractivity contribution < 1.29 is 13.2 Å². The number of rotatable bonds is 7. The van der Waals surface area contributed by atoms with E-state index in [1.165, 1.54) is 10.6 Å². The lowest BCUT2D eigenvalue weighted by atomic mass is 10.1. The maximum atomic E-state index is 11.6. The maximum absolute atomic E-state index is 11.6. The Labute approximate surface area is 158 Å². The van der Waals surface area contributed by atoms with Crippen molar-refractivity contribution >= 4 is 10.0 Å². The van der Waals surface area contributed by atoms with Gasteiger partial charge in [-0.1, -0.05) is 18.2 Å². The third-order valence-corrected chi connectivity index (χ3v) is 5.52. The summed E-state index contributed by atoms with van der Waals surface area (Å²) < 4.78 is 31.4. The van der Waals surface area contributed by atoms with Gasteiger partial charge in [0, 0.05) is 49.7 Å². The van der Waals surface area contributed by atoms with Crippen molar-refractivity contribution in [3.8, 4) is 28.5 Å². The van der Waals surface area contributed by atoms with Gasteiger partial charge in [-0.15, -0.1) is 10.2 Å². The number of aromatic nitrogens is 4. The average Bonchev–Trinajstić information content (AvgIpc) is 3.14. The first-order valence-electron chi connectivity index (χ1n) is 8.29. The molecule has 0 bridgehead atoms. The van der Waals surface area contributed by atoms with Crippen LogP contribution in [0.25, 0.3) is 22.6 Å². The van der Waals surface area contributed by atoms with Crippen LogP contribution >= 0.6 is 0 Å². The monoisotopic (exact) mass is 387 g/mol. The van der Waals surface area contributed by atoms with Crippen LogP contribution in [0.2, 0.25) is 0 Å². The molecule has 0 saturated heterocycles. The molecule has 0 aliphatic rings. The van der Waals surface area contributed by atoms with Crippen molar-refractivity contribution in [2.45, 2.75) is 6.54 Å². The summed E-state index contributed by atoms with van der Waals surface area (Å²) in [7, 11) is -0.0966. The summed E-state index contributed by atoms with van der Waals surface area (Å²) in [6.07, 6.45) is 4.74. The van der Waals surface area contributed by atoms with Crippen LogP contribution in [-0.4, -0.2) is 59.4 Å². The molecule has 0 atom stereocenters. The van der Waals surface area contributed by atoms with Crippen LogP contribution in [0.15, 0.2) is 48.8 Å². The molecule has 0 amide bonds. The fourth-order valence-electron chi connectivity index (χ4n) is 2.56. The number of sulfonamides is 1. The summed E-state index contributed by atoms with van der Waals surface area (Å²) in [4.78, 5) is 4.43. The van der Waals surface area contributed by atoms with Crippen molar-refractivity contribution in [1.82, 2.24) is 24.1 Å². The molecule has 8 nitrogen and oxygen atoms in total. The lowest BCUT2D eigenvalue weighted by molar-refractivity contribution is 0.392. The Morgan fingerprint density at radius 3 is 2.59 bits per heavy atom. The van der Waals surface area contributed by atoms with Crippen molar-refractivity contribution in [2.24, 2.45) is 0 Å². The third kappa shape index (κ3) is 4.50. The lowest BCUT2D eigenvalue weighted by Gasteiger charge is -2.15. The summed E-state index contributed by atoms with van der Waals surface area (Å²) in [5, 5.41) is 8.18. The molecule has 0 fully saturated rings. The SMILES string of the molecule is COc1ccc(-c2cccc(-c3nccn3CCN(C)S(C)(=O)=O)c2)nn1. The predicted molar refractivity (Wildman–Crippen MR) is 103 cm³/mol. The third-order valence-electron chi connectivity index (χ3n) is 4.20. The molecule has 9 heteroatoms. The molecule has 0 aliphatic carbocycles. The van der Waals surface area contributed by atoms with Crippen LogP contribution in [-0.2, 0) is 16.6 Å². The van der Waals surface area contributed by atoms with E-state index in [0.29, 0.717) is 19.0 Å². The molecule has 0 N–H and O–H groups in total. The molecule has 142 valence electrons. The molecular formula is C18H21N5O3S. The molecule has 3 aromatic rings. The fraction of sp³-hybridized carbons (Fsp3) is 0.278. The topological polar surface area (TPSA) is 90.2 Å². The number of hydrogen-bond donors (Lipinski definition) is 0. The largest absolute Gasteiger partial charge is 0.480 e. The van der Waals surface area contributed by atoms with E-state index in [1.807, 2.05) is 41.1 Å². The second kappa shape index (κ2) is 7.85. The molecule has 0 saturated carbocycles. The number of likely N-dealkylation sites (N-methyl/N-ethyl adjacent to an activating group) is 1. The molecule has 2 heterocycles. The van der Waals surface area contributed by atoms with Gasteiger partial charge in [0.05, 0.1) is 19.1 Å². The Kier molecular flexibility index (Phi) is 5.52. The molecule has 0 radical (unpaired) electrons. The van der Waals surface area contributed by atoms with E-state index in [9.17, 15) is 8.42 Å². The van der Waals surface area contributed by atoms with Crippen LogP contribution in [0.1, 0.15) is 0 Å². The zero-order valence-corrected chi connectivity index (χ0v) is 16.2. The Balaban J connectivity index is 1.84. The van der Waals surface area contributed by atoms with Gasteiger partial charge in [-0.05, 0) is 12.1 Å². The minimum absolute atomic E-state index is 0.367. The first-order valence-corrected chi connectivity index (χ1v) is 10.1. The second-order valence-electron chi connectivity index (χ2n) is 6.07. The van der Waals surface area contributed by atoms with Gasteiger partial charge in [0.2, 0.25) is 15.9 Å². The lowest BCUT2D eigenvalue weighted by Crippen LogP contribution is -2.29. The van der Waals surface area contributed by atoms with Gasteiger partial charge >= 0.3 is 0 Å². The fourth-order valence-corrected chi connectivity index (χ4v) is 2.98. The Hall–Kier alpha value is -2.78. The zero-order valence-electron chi connectivity index (χ0n) is 15.4. The highest BCUT2D eigenvalue weighted by molar-refractivity contribution is 7.88. The van der Waals surface area contributed by atoms with E-state index in [4.69, 9.17) is 4.74 Å². The zero-order chi connectivity index (χ0) is 19.4. The van der Waals surface area contributed by atoms with E-state index in [-0.39, 0.29) is 0 Å². The van der Waals surface area contributed by atoms with Crippen LogP contribution in [0.5, 0.6) is 5.88 Å². The van der Waals surface area contributed by atoms with Gasteiger partial charge < -0.3 is 9.30 Å². The summed E-state index contributed by atoms with van der Waals surface area (Å²) >= 11 is 0. The summed E-state index contributed by atoms with van der Waals surface area (Å²) in [6.45, 7) is 0.872. The number of imidazole rings is 1. The first kappa shape index (κ1) is 19.0. The molecule has 1 aromatic carbocycles. The summed E-state index contributed by atoms with van der Waals surface area (Å²) in [6, 6.07) is 11.4. The van der Waals surface area contributed by atoms with Crippen molar-refractivity contribution in [3.05, 3.63) is 48.8 Å². The van der Waals surface area contributed by atoms with Crippen molar-refractivity contribution in [1.29, 1.82) is 0 Å². The van der Waals surface area contributed by atoms with E-state index in [0.717, 1.165) is 22.6 Å². The van der Waals surface area contributed by atoms with Crippen molar-refractivity contribution in [2.75, 3.05) is 27.0 Å². The average molecular weight is 387 g/mol. The van der Waals surface area contributed by atoms with Crippen LogP contribution in [0.3, 0.4) is 0 Å². The molecule has 0 spiro atoms. The number of nitrogens with zero attached hydrogens (tertiary/aromatic N) is 5. The molecular weight excluding hydrogens is 366 g/mol. The Morgan fingerprint density at radius 1 is 1.15 bits per heavy atom. The highest BCUT2D eigenvalue weighted by atomic mass is 32.2. The van der Waals surface area contributed by atoms with Crippen molar-refractivity contribution in [3.63, 3.8) is 0 Å². The van der Waals surface area contributed by atoms with E-state index >= 15 is 0 Å². The molecule has 3 rings (SSSR count). The number of ether oxygens (including phenoxy) is 1. The smallest absolute Gasteiger partial charge is 0.233 e. The molecule has 0 aliphatic heterocycles. The van der Waals surface area contributed by atoms with Gasteiger partial charge in [-0.25, -0.2) is 17.7 Å². The quantitative estimate of drug-likeness (QED) is 0.615. The minimum Gasteiger partial charge on any atom is -0.480 e. The number of benzene rings is 1. The highest BCUT2D eigenvalue weighted by Gasteiger charge is 2.13. The first-order chi connectivity index (χ1) is 12.9. The van der Waals surface area contributed by atoms with Gasteiger partial charge in [-0.2, -0.15) is 0 Å². The van der Waals surface area contributed by atoms with Crippen LogP contribution in [0.4, 0.5) is 0 Å². The van der Waals surface area contributed by atoms with Gasteiger partial charge in [0.25, 0.3) is 0 Å². The summed E-state index contributed by atoms with van der Waals surface area (Å²) in [5.74, 6) is 1.22. The molecule has 27 heavy (non-hydrogen) atoms. The predicted octanol–water partition coefficient (Wildman–Crippen LogP) is 1.91. The second-order valence-corrected chi connectivity index (χ2v) is 8.16. The van der Waals surface area contributed by atoms with E-state index < -0.39 is 10.0 Å². The maximum Gasteiger partial charge on any atom is 0.233 e. The van der Waals surface area contributed by atoms with Gasteiger partial charge in [0.15, 0.2) is 0 Å². The van der Waals surface area contributed by atoms with Gasteiger partial charge in [-0.3, -0.25) is 0 Å². The number of methoxy groups -OCH3 is 1. The van der Waals surface area contributed by atoms with E-state index in [2.05, 4.69) is 15.2 Å². The number of hydrogen-bond acceptors (Lipinski definition) is 6.